The molecule has 0 heterocycles. The van der Waals surface area contributed by atoms with Gasteiger partial charge in [0.25, 0.3) is 0 Å². The molecule has 2 N–H and O–H groups in total. The Labute approximate surface area is 116 Å². The van der Waals surface area contributed by atoms with Crippen molar-refractivity contribution in [1.29, 1.82) is 0 Å². The van der Waals surface area contributed by atoms with E-state index in [0.29, 0.717) is 5.56 Å². The summed E-state index contributed by atoms with van der Waals surface area (Å²) in [5, 5.41) is 18.9. The Morgan fingerprint density at radius 1 is 1.00 bits per heavy atom. The van der Waals surface area contributed by atoms with E-state index in [1.165, 1.54) is 19.1 Å². The van der Waals surface area contributed by atoms with Crippen molar-refractivity contribution >= 4 is 5.97 Å². The van der Waals surface area contributed by atoms with Gasteiger partial charge in [-0.1, -0.05) is 11.8 Å². The Bertz CT molecular complexity index is 691. The molecule has 0 atom stereocenters. The minimum atomic E-state index is -0.497. The predicted octanol–water partition coefficient (Wildman–Crippen LogP) is 2.42. The molecule has 0 aliphatic heterocycles. The number of hydrogen-bond donors (Lipinski definition) is 2. The Kier molecular flexibility index (Phi) is 3.92. The van der Waals surface area contributed by atoms with Crippen molar-refractivity contribution in [1.82, 2.24) is 0 Å². The van der Waals surface area contributed by atoms with Crippen LogP contribution in [0.5, 0.6) is 17.2 Å². The fourth-order valence-electron chi connectivity index (χ4n) is 1.53. The van der Waals surface area contributed by atoms with Gasteiger partial charge in [0.15, 0.2) is 11.5 Å². The molecule has 0 bridgehead atoms. The first kappa shape index (κ1) is 13.5. The van der Waals surface area contributed by atoms with E-state index in [0.717, 1.165) is 5.56 Å². The van der Waals surface area contributed by atoms with Crippen molar-refractivity contribution in [2.75, 3.05) is 0 Å². The van der Waals surface area contributed by atoms with Gasteiger partial charge in [-0.25, -0.2) is 0 Å². The molecule has 4 heteroatoms. The molecular formula is C16H12O4. The molecule has 0 saturated heterocycles. The Balaban J connectivity index is 2.21. The third kappa shape index (κ3) is 3.53. The summed E-state index contributed by atoms with van der Waals surface area (Å²) in [6.07, 6.45) is 0. The fourth-order valence-corrected chi connectivity index (χ4v) is 1.53. The number of phenols is 2. The zero-order valence-corrected chi connectivity index (χ0v) is 10.8. The van der Waals surface area contributed by atoms with Crippen molar-refractivity contribution in [3.05, 3.63) is 53.6 Å². The third-order valence-corrected chi connectivity index (χ3v) is 2.43. The van der Waals surface area contributed by atoms with Gasteiger partial charge in [0.1, 0.15) is 5.75 Å². The third-order valence-electron chi connectivity index (χ3n) is 2.43. The number of carbonyl (C=O) groups is 1. The maximum Gasteiger partial charge on any atom is 0.308 e. The van der Waals surface area contributed by atoms with Gasteiger partial charge < -0.3 is 14.9 Å². The largest absolute Gasteiger partial charge is 0.508 e. The fraction of sp³-hybridized carbons (Fsp3) is 0.0625. The van der Waals surface area contributed by atoms with E-state index in [9.17, 15) is 9.90 Å². The molecule has 2 aromatic rings. The summed E-state index contributed by atoms with van der Waals surface area (Å²) in [4.78, 5) is 10.8. The number of rotatable bonds is 1. The van der Waals surface area contributed by atoms with Crippen LogP contribution in [0.1, 0.15) is 18.1 Å². The molecule has 0 amide bonds. The first-order chi connectivity index (χ1) is 9.54. The van der Waals surface area contributed by atoms with Crippen molar-refractivity contribution in [2.24, 2.45) is 0 Å². The second-order valence-electron chi connectivity index (χ2n) is 4.07. The highest BCUT2D eigenvalue weighted by Gasteiger charge is 2.05. The lowest BCUT2D eigenvalue weighted by molar-refractivity contribution is -0.132. The highest BCUT2D eigenvalue weighted by molar-refractivity contribution is 5.70. The van der Waals surface area contributed by atoms with Gasteiger partial charge in [0.2, 0.25) is 0 Å². The first-order valence-corrected chi connectivity index (χ1v) is 5.87. The summed E-state index contributed by atoms with van der Waals surface area (Å²) in [6.45, 7) is 1.26. The smallest absolute Gasteiger partial charge is 0.308 e. The molecule has 4 nitrogen and oxygen atoms in total. The van der Waals surface area contributed by atoms with Crippen LogP contribution in [0, 0.1) is 11.8 Å². The molecule has 0 radical (unpaired) electrons. The summed E-state index contributed by atoms with van der Waals surface area (Å²) < 4.78 is 4.81. The lowest BCUT2D eigenvalue weighted by Crippen LogP contribution is -2.01. The Morgan fingerprint density at radius 3 is 2.20 bits per heavy atom. The van der Waals surface area contributed by atoms with Crippen molar-refractivity contribution < 1.29 is 19.7 Å². The second-order valence-corrected chi connectivity index (χ2v) is 4.07. The minimum absolute atomic E-state index is 0.104. The number of ether oxygens (including phenoxy) is 1. The van der Waals surface area contributed by atoms with E-state index < -0.39 is 5.97 Å². The number of benzene rings is 2. The molecule has 0 aliphatic carbocycles. The lowest BCUT2D eigenvalue weighted by Gasteiger charge is -2.03. The molecule has 20 heavy (non-hydrogen) atoms. The second kappa shape index (κ2) is 5.81. The first-order valence-electron chi connectivity index (χ1n) is 5.87. The zero-order chi connectivity index (χ0) is 14.5. The van der Waals surface area contributed by atoms with Crippen LogP contribution >= 0.6 is 0 Å². The monoisotopic (exact) mass is 268 g/mol. The number of aromatic hydroxyl groups is 2. The van der Waals surface area contributed by atoms with E-state index in [4.69, 9.17) is 9.84 Å². The van der Waals surface area contributed by atoms with Crippen LogP contribution in [-0.2, 0) is 4.79 Å². The molecule has 2 rings (SSSR count). The van der Waals surface area contributed by atoms with Crippen LogP contribution in [0.15, 0.2) is 42.5 Å². The van der Waals surface area contributed by atoms with E-state index >= 15 is 0 Å². The van der Waals surface area contributed by atoms with Crippen LogP contribution in [0.2, 0.25) is 0 Å². The van der Waals surface area contributed by atoms with Crippen molar-refractivity contribution in [3.8, 4) is 29.1 Å². The standard InChI is InChI=1S/C16H12O4/c1-11(17)20-16-9-6-13(10-15(16)19)3-2-12-4-7-14(18)8-5-12/h4-10,18-19H,1H3. The topological polar surface area (TPSA) is 66.8 Å². The maximum atomic E-state index is 10.8. The van der Waals surface area contributed by atoms with Crippen LogP contribution in [-0.4, -0.2) is 16.2 Å². The SMILES string of the molecule is CC(=O)Oc1ccc(C#Cc2ccc(O)cc2)cc1O. The average molecular weight is 268 g/mol. The van der Waals surface area contributed by atoms with E-state index in [1.807, 2.05) is 0 Å². The van der Waals surface area contributed by atoms with Gasteiger partial charge in [0.05, 0.1) is 0 Å². The average Bonchev–Trinajstić information content (AvgIpc) is 2.40. The van der Waals surface area contributed by atoms with Crippen molar-refractivity contribution in [2.45, 2.75) is 6.92 Å². The summed E-state index contributed by atoms with van der Waals surface area (Å²) in [5.74, 6) is 5.41. The molecule has 100 valence electrons. The molecular weight excluding hydrogens is 256 g/mol. The molecule has 0 fully saturated rings. The van der Waals surface area contributed by atoms with E-state index in [2.05, 4.69) is 11.8 Å². The summed E-state index contributed by atoms with van der Waals surface area (Å²) in [7, 11) is 0. The number of phenolic OH excluding ortho intramolecular Hbond substituents is 2. The van der Waals surface area contributed by atoms with Gasteiger partial charge in [-0.05, 0) is 42.5 Å². The van der Waals surface area contributed by atoms with E-state index in [1.54, 1.807) is 30.3 Å². The quantitative estimate of drug-likeness (QED) is 0.473. The van der Waals surface area contributed by atoms with Crippen LogP contribution in [0.4, 0.5) is 0 Å². The van der Waals surface area contributed by atoms with Gasteiger partial charge in [-0.2, -0.15) is 0 Å². The van der Waals surface area contributed by atoms with Crippen LogP contribution in [0.3, 0.4) is 0 Å². The molecule has 2 aromatic carbocycles. The van der Waals surface area contributed by atoms with Crippen molar-refractivity contribution in [3.63, 3.8) is 0 Å². The molecule has 0 spiro atoms. The van der Waals surface area contributed by atoms with Gasteiger partial charge in [-0.3, -0.25) is 4.79 Å². The lowest BCUT2D eigenvalue weighted by atomic mass is 10.1. The number of esters is 1. The van der Waals surface area contributed by atoms with Crippen LogP contribution in [0.25, 0.3) is 0 Å². The van der Waals surface area contributed by atoms with Gasteiger partial charge in [0, 0.05) is 18.1 Å². The van der Waals surface area contributed by atoms with Crippen LogP contribution < -0.4 is 4.74 Å². The zero-order valence-electron chi connectivity index (χ0n) is 10.8. The van der Waals surface area contributed by atoms with E-state index in [-0.39, 0.29) is 17.2 Å². The number of hydrogen-bond acceptors (Lipinski definition) is 4. The summed E-state index contributed by atoms with van der Waals surface area (Å²) in [6, 6.07) is 11.0. The highest BCUT2D eigenvalue weighted by atomic mass is 16.5. The Hall–Kier alpha value is -2.93. The molecule has 0 aromatic heterocycles. The Morgan fingerprint density at radius 2 is 1.60 bits per heavy atom. The highest BCUT2D eigenvalue weighted by Crippen LogP contribution is 2.26. The van der Waals surface area contributed by atoms with Gasteiger partial charge in [-0.15, -0.1) is 0 Å². The maximum absolute atomic E-state index is 10.8. The predicted molar refractivity (Wildman–Crippen MR) is 73.5 cm³/mol. The summed E-state index contributed by atoms with van der Waals surface area (Å²) >= 11 is 0. The summed E-state index contributed by atoms with van der Waals surface area (Å²) in [5.41, 5.74) is 1.33. The molecule has 0 saturated carbocycles. The minimum Gasteiger partial charge on any atom is -0.508 e. The molecule has 0 unspecified atom stereocenters. The molecule has 0 aliphatic rings. The normalized spacial score (nSPS) is 9.45. The van der Waals surface area contributed by atoms with Gasteiger partial charge >= 0.3 is 5.97 Å². The number of carbonyl (C=O) groups excluding carboxylic acids is 1.